The molecule has 4 aromatic carbocycles. The molecule has 1 unspecified atom stereocenters. The number of rotatable bonds is 8. The fourth-order valence-corrected chi connectivity index (χ4v) is 5.59. The average molecular weight is 558 g/mol. The summed E-state index contributed by atoms with van der Waals surface area (Å²) in [5, 5.41) is 0. The molecule has 0 spiro atoms. The molecule has 0 saturated carbocycles. The van der Waals surface area contributed by atoms with Gasteiger partial charge in [-0.3, -0.25) is 9.59 Å². The van der Waals surface area contributed by atoms with E-state index in [4.69, 9.17) is 13.9 Å². The molecule has 42 heavy (non-hydrogen) atoms. The van der Waals surface area contributed by atoms with Crippen LogP contribution in [-0.2, 0) is 12.1 Å². The summed E-state index contributed by atoms with van der Waals surface area (Å²) in [6.45, 7) is 1.68. The van der Waals surface area contributed by atoms with E-state index in [0.29, 0.717) is 28.4 Å². The van der Waals surface area contributed by atoms with Gasteiger partial charge in [0.05, 0.1) is 25.5 Å². The first-order valence-electron chi connectivity index (χ1n) is 13.4. The number of benzene rings is 4. The summed E-state index contributed by atoms with van der Waals surface area (Å²) in [7, 11) is 1.61. The van der Waals surface area contributed by atoms with E-state index in [1.807, 2.05) is 71.6 Å². The number of fused-ring (bicyclic) bond motifs is 1. The van der Waals surface area contributed by atoms with Crippen LogP contribution >= 0.6 is 0 Å². The molecule has 6 rings (SSSR count). The molecule has 1 aromatic heterocycles. The van der Waals surface area contributed by atoms with Crippen molar-refractivity contribution in [3.63, 3.8) is 0 Å². The molecular formula is C35H27NO6. The van der Waals surface area contributed by atoms with Crippen molar-refractivity contribution in [1.82, 2.24) is 4.90 Å². The normalized spacial score (nSPS) is 15.8. The summed E-state index contributed by atoms with van der Waals surface area (Å²) >= 11 is 0. The van der Waals surface area contributed by atoms with E-state index in [0.717, 1.165) is 16.7 Å². The van der Waals surface area contributed by atoms with Gasteiger partial charge in [0.15, 0.2) is 5.78 Å². The lowest BCUT2D eigenvalue weighted by atomic mass is 9.77. The van der Waals surface area contributed by atoms with E-state index in [1.165, 1.54) is 13.0 Å². The largest absolute Gasteiger partial charge is 0.497 e. The molecule has 0 N–H and O–H groups in total. The van der Waals surface area contributed by atoms with Gasteiger partial charge >= 0.3 is 5.97 Å². The van der Waals surface area contributed by atoms with Gasteiger partial charge in [0.1, 0.15) is 22.8 Å². The first kappa shape index (κ1) is 26.8. The van der Waals surface area contributed by atoms with Gasteiger partial charge in [0.2, 0.25) is 0 Å². The van der Waals surface area contributed by atoms with E-state index in [9.17, 15) is 14.4 Å². The third-order valence-electron chi connectivity index (χ3n) is 7.59. The van der Waals surface area contributed by atoms with E-state index < -0.39 is 11.5 Å². The lowest BCUT2D eigenvalue weighted by Crippen LogP contribution is -2.45. The van der Waals surface area contributed by atoms with Crippen LogP contribution in [-0.4, -0.2) is 29.7 Å². The van der Waals surface area contributed by atoms with E-state index in [1.54, 1.807) is 49.8 Å². The van der Waals surface area contributed by atoms with Crippen molar-refractivity contribution in [2.75, 3.05) is 7.11 Å². The molecule has 0 bridgehead atoms. The Morgan fingerprint density at radius 2 is 1.45 bits per heavy atom. The maximum atomic E-state index is 14.0. The lowest BCUT2D eigenvalue weighted by molar-refractivity contribution is 0.0640. The number of hydrogen-bond acceptors (Lipinski definition) is 6. The van der Waals surface area contributed by atoms with Crippen LogP contribution in [0, 0.1) is 0 Å². The fourth-order valence-electron chi connectivity index (χ4n) is 5.59. The molecule has 2 heterocycles. The van der Waals surface area contributed by atoms with Crippen molar-refractivity contribution in [1.29, 1.82) is 0 Å². The Balaban J connectivity index is 1.45. The van der Waals surface area contributed by atoms with E-state index >= 15 is 0 Å². The van der Waals surface area contributed by atoms with Gasteiger partial charge in [-0.2, -0.15) is 0 Å². The van der Waals surface area contributed by atoms with Gasteiger partial charge in [0, 0.05) is 11.1 Å². The van der Waals surface area contributed by atoms with Crippen LogP contribution in [0.1, 0.15) is 60.4 Å². The molecule has 0 saturated heterocycles. The smallest absolute Gasteiger partial charge is 0.343 e. The molecule has 1 amide bonds. The van der Waals surface area contributed by atoms with Crippen molar-refractivity contribution in [3.8, 4) is 11.5 Å². The van der Waals surface area contributed by atoms with Crippen molar-refractivity contribution in [2.45, 2.75) is 19.0 Å². The van der Waals surface area contributed by atoms with E-state index in [2.05, 4.69) is 0 Å². The highest BCUT2D eigenvalue weighted by Gasteiger charge is 2.52. The van der Waals surface area contributed by atoms with Crippen molar-refractivity contribution < 1.29 is 28.3 Å². The number of carbonyl (C=O) groups is 3. The number of hydrogen-bond donors (Lipinski definition) is 0. The Labute approximate surface area is 242 Å². The summed E-state index contributed by atoms with van der Waals surface area (Å²) in [5.41, 5.74) is 2.79. The standard InChI is InChI=1S/C35H27NO6/c1-23(37)24-7-5-8-25(21-24)34(39)42-29-18-14-27(15-19-29)35(26-12-16-28(40-2)17-13-26)32-11-4-3-10-31(32)33(38)36(35)22-30-9-6-20-41-30/h3-21H,22H2,1-2H3. The number of ether oxygens (including phenoxy) is 2. The predicted octanol–water partition coefficient (Wildman–Crippen LogP) is 6.66. The molecule has 1 aliphatic rings. The fraction of sp³-hybridized carbons (Fsp3) is 0.114. The Bertz CT molecular complexity index is 1770. The topological polar surface area (TPSA) is 86.0 Å². The summed E-state index contributed by atoms with van der Waals surface area (Å²) in [6, 6.07) is 32.5. The number of nitrogens with zero attached hydrogens (tertiary/aromatic N) is 1. The predicted molar refractivity (Wildman–Crippen MR) is 156 cm³/mol. The average Bonchev–Trinajstić information content (AvgIpc) is 3.63. The Morgan fingerprint density at radius 1 is 0.786 bits per heavy atom. The number of carbonyl (C=O) groups excluding carboxylic acids is 3. The number of Topliss-reactive ketones (excluding diaryl/α,β-unsaturated/α-hetero) is 1. The number of esters is 1. The SMILES string of the molecule is COc1ccc(C2(c3ccc(OC(=O)c4cccc(C(C)=O)c4)cc3)c3ccccc3C(=O)N2Cc2ccco2)cc1. The Kier molecular flexibility index (Phi) is 6.92. The van der Waals surface area contributed by atoms with Gasteiger partial charge < -0.3 is 18.8 Å². The Hall–Kier alpha value is -5.43. The number of amides is 1. The molecular weight excluding hydrogens is 530 g/mol. The lowest BCUT2D eigenvalue weighted by Gasteiger charge is -2.40. The van der Waals surface area contributed by atoms with Gasteiger partial charge in [-0.1, -0.05) is 54.6 Å². The summed E-state index contributed by atoms with van der Waals surface area (Å²) < 4.78 is 16.8. The number of methoxy groups -OCH3 is 1. The van der Waals surface area contributed by atoms with Crippen LogP contribution in [0.3, 0.4) is 0 Å². The monoisotopic (exact) mass is 557 g/mol. The van der Waals surface area contributed by atoms with Crippen LogP contribution in [0.5, 0.6) is 11.5 Å². The zero-order chi connectivity index (χ0) is 29.3. The zero-order valence-electron chi connectivity index (χ0n) is 23.1. The summed E-state index contributed by atoms with van der Waals surface area (Å²) in [4.78, 5) is 40.5. The Morgan fingerprint density at radius 3 is 2.10 bits per heavy atom. The molecule has 1 atom stereocenters. The quantitative estimate of drug-likeness (QED) is 0.121. The first-order chi connectivity index (χ1) is 20.4. The maximum Gasteiger partial charge on any atom is 0.343 e. The van der Waals surface area contributed by atoms with Gasteiger partial charge in [0.25, 0.3) is 5.91 Å². The minimum Gasteiger partial charge on any atom is -0.497 e. The number of furan rings is 1. The molecule has 5 aromatic rings. The second-order valence-corrected chi connectivity index (χ2v) is 10.0. The zero-order valence-corrected chi connectivity index (χ0v) is 23.1. The van der Waals surface area contributed by atoms with Crippen LogP contribution < -0.4 is 9.47 Å². The minimum atomic E-state index is -1.01. The van der Waals surface area contributed by atoms with Gasteiger partial charge in [-0.25, -0.2) is 4.79 Å². The van der Waals surface area contributed by atoms with Crippen LogP contribution in [0.15, 0.2) is 120 Å². The van der Waals surface area contributed by atoms with Crippen LogP contribution in [0.25, 0.3) is 0 Å². The van der Waals surface area contributed by atoms with Crippen LogP contribution in [0.2, 0.25) is 0 Å². The van der Waals surface area contributed by atoms with Gasteiger partial charge in [-0.05, 0) is 78.2 Å². The molecule has 208 valence electrons. The third kappa shape index (κ3) is 4.55. The van der Waals surface area contributed by atoms with Crippen molar-refractivity contribution in [3.05, 3.63) is 155 Å². The highest BCUT2D eigenvalue weighted by atomic mass is 16.5. The molecule has 7 heteroatoms. The van der Waals surface area contributed by atoms with Crippen LogP contribution in [0.4, 0.5) is 0 Å². The second kappa shape index (κ2) is 10.9. The number of ketones is 1. The molecule has 0 radical (unpaired) electrons. The van der Waals surface area contributed by atoms with Crippen molar-refractivity contribution >= 4 is 17.7 Å². The minimum absolute atomic E-state index is 0.126. The highest BCUT2D eigenvalue weighted by Crippen LogP contribution is 2.50. The third-order valence-corrected chi connectivity index (χ3v) is 7.59. The first-order valence-corrected chi connectivity index (χ1v) is 13.4. The maximum absolute atomic E-state index is 14.0. The van der Waals surface area contributed by atoms with Gasteiger partial charge in [-0.15, -0.1) is 0 Å². The summed E-state index contributed by atoms with van der Waals surface area (Å²) in [6.07, 6.45) is 1.59. The highest BCUT2D eigenvalue weighted by molar-refractivity contribution is 6.02. The molecule has 0 aliphatic carbocycles. The second-order valence-electron chi connectivity index (χ2n) is 10.0. The van der Waals surface area contributed by atoms with Crippen molar-refractivity contribution in [2.24, 2.45) is 0 Å². The summed E-state index contributed by atoms with van der Waals surface area (Å²) in [5.74, 6) is 0.836. The molecule has 7 nitrogen and oxygen atoms in total. The molecule has 0 fully saturated rings. The van der Waals surface area contributed by atoms with E-state index in [-0.39, 0.29) is 23.8 Å². The molecule has 1 aliphatic heterocycles.